The molecule has 0 N–H and O–H groups in total. The molecule has 0 aliphatic carbocycles. The van der Waals surface area contributed by atoms with Crippen molar-refractivity contribution in [2.24, 2.45) is 0 Å². The molecule has 160 valence electrons. The van der Waals surface area contributed by atoms with Crippen LogP contribution in [0.4, 0.5) is 0 Å². The highest BCUT2D eigenvalue weighted by molar-refractivity contribution is 5.91. The first-order chi connectivity index (χ1) is 14.6. The molecule has 0 unspecified atom stereocenters. The van der Waals surface area contributed by atoms with Crippen molar-refractivity contribution in [1.82, 2.24) is 24.5 Å². The fourth-order valence-electron chi connectivity index (χ4n) is 3.63. The van der Waals surface area contributed by atoms with Crippen molar-refractivity contribution >= 4 is 17.9 Å². The van der Waals surface area contributed by atoms with E-state index >= 15 is 0 Å². The predicted octanol–water partition coefficient (Wildman–Crippen LogP) is 2.29. The number of hydrogen-bond donors (Lipinski definition) is 0. The Labute approximate surface area is 178 Å². The van der Waals surface area contributed by atoms with Crippen LogP contribution in [0.25, 0.3) is 11.8 Å². The van der Waals surface area contributed by atoms with Gasteiger partial charge in [0.2, 0.25) is 11.8 Å². The summed E-state index contributed by atoms with van der Waals surface area (Å²) < 4.78 is 1.79. The molecular weight excluding hydrogens is 378 g/mol. The SMILES string of the molecule is CCN(CC)C(=O)CN1CCCN(C(=O)C=Cc2cnn(-c3ccccc3)c2)CC1. The van der Waals surface area contributed by atoms with Crippen molar-refractivity contribution in [3.8, 4) is 5.69 Å². The largest absolute Gasteiger partial charge is 0.342 e. The van der Waals surface area contributed by atoms with Gasteiger partial charge in [-0.05, 0) is 38.5 Å². The van der Waals surface area contributed by atoms with Gasteiger partial charge in [-0.25, -0.2) is 4.68 Å². The molecule has 2 aromatic rings. The van der Waals surface area contributed by atoms with E-state index in [1.807, 2.05) is 60.2 Å². The fourth-order valence-corrected chi connectivity index (χ4v) is 3.63. The molecule has 1 fully saturated rings. The molecule has 1 aromatic carbocycles. The summed E-state index contributed by atoms with van der Waals surface area (Å²) in [5.74, 6) is 0.162. The van der Waals surface area contributed by atoms with Crippen molar-refractivity contribution in [2.75, 3.05) is 45.8 Å². The molecule has 2 heterocycles. The summed E-state index contributed by atoms with van der Waals surface area (Å²) in [6.07, 6.45) is 7.95. The third-order valence-corrected chi connectivity index (χ3v) is 5.42. The minimum absolute atomic E-state index is 0.000574. The second-order valence-corrected chi connectivity index (χ2v) is 7.41. The highest BCUT2D eigenvalue weighted by Crippen LogP contribution is 2.10. The minimum Gasteiger partial charge on any atom is -0.342 e. The number of para-hydroxylation sites is 1. The summed E-state index contributed by atoms with van der Waals surface area (Å²) in [4.78, 5) is 30.9. The lowest BCUT2D eigenvalue weighted by Gasteiger charge is -2.25. The van der Waals surface area contributed by atoms with Gasteiger partial charge in [-0.15, -0.1) is 0 Å². The molecular formula is C23H31N5O2. The van der Waals surface area contributed by atoms with Crippen molar-refractivity contribution in [1.29, 1.82) is 0 Å². The van der Waals surface area contributed by atoms with Gasteiger partial charge < -0.3 is 9.80 Å². The Morgan fingerprint density at radius 2 is 1.83 bits per heavy atom. The van der Waals surface area contributed by atoms with E-state index in [4.69, 9.17) is 0 Å². The maximum Gasteiger partial charge on any atom is 0.246 e. The molecule has 1 aliphatic rings. The van der Waals surface area contributed by atoms with Crippen molar-refractivity contribution in [3.63, 3.8) is 0 Å². The molecule has 7 heteroatoms. The van der Waals surface area contributed by atoms with Gasteiger partial charge in [0.1, 0.15) is 0 Å². The van der Waals surface area contributed by atoms with Gasteiger partial charge in [-0.2, -0.15) is 5.10 Å². The first-order valence-corrected chi connectivity index (χ1v) is 10.7. The van der Waals surface area contributed by atoms with Crippen LogP contribution in [-0.4, -0.2) is 82.1 Å². The molecule has 0 spiro atoms. The van der Waals surface area contributed by atoms with Gasteiger partial charge in [0.15, 0.2) is 0 Å². The van der Waals surface area contributed by atoms with Gasteiger partial charge in [0.05, 0.1) is 18.4 Å². The van der Waals surface area contributed by atoms with Crippen molar-refractivity contribution in [3.05, 3.63) is 54.4 Å². The molecule has 2 amide bonds. The summed E-state index contributed by atoms with van der Waals surface area (Å²) in [6.45, 7) is 8.81. The van der Waals surface area contributed by atoms with Crippen LogP contribution in [0, 0.1) is 0 Å². The highest BCUT2D eigenvalue weighted by Gasteiger charge is 2.20. The maximum atomic E-state index is 12.6. The summed E-state index contributed by atoms with van der Waals surface area (Å²) in [7, 11) is 0. The molecule has 1 aromatic heterocycles. The molecule has 30 heavy (non-hydrogen) atoms. The number of hydrogen-bond acceptors (Lipinski definition) is 4. The number of likely N-dealkylation sites (N-methyl/N-ethyl adjacent to an activating group) is 1. The van der Waals surface area contributed by atoms with E-state index in [-0.39, 0.29) is 11.8 Å². The number of rotatable bonds is 7. The lowest BCUT2D eigenvalue weighted by atomic mass is 10.3. The maximum absolute atomic E-state index is 12.6. The molecule has 1 aliphatic heterocycles. The standard InChI is InChI=1S/C23H31N5O2/c1-3-26(4-2)23(30)19-25-13-8-14-27(16-15-25)22(29)12-11-20-17-24-28(18-20)21-9-6-5-7-10-21/h5-7,9-12,17-18H,3-4,8,13-16,19H2,1-2H3. The van der Waals surface area contributed by atoms with Crippen LogP contribution in [0.3, 0.4) is 0 Å². The van der Waals surface area contributed by atoms with Gasteiger partial charge >= 0.3 is 0 Å². The average molecular weight is 410 g/mol. The highest BCUT2D eigenvalue weighted by atomic mass is 16.2. The summed E-state index contributed by atoms with van der Waals surface area (Å²) in [5, 5.41) is 4.36. The molecule has 0 saturated carbocycles. The molecule has 3 rings (SSSR count). The Morgan fingerprint density at radius 1 is 1.07 bits per heavy atom. The normalized spacial score (nSPS) is 15.3. The Kier molecular flexibility index (Phi) is 7.79. The van der Waals surface area contributed by atoms with Crippen LogP contribution < -0.4 is 0 Å². The lowest BCUT2D eigenvalue weighted by Crippen LogP contribution is -2.41. The first-order valence-electron chi connectivity index (χ1n) is 10.7. The monoisotopic (exact) mass is 409 g/mol. The molecule has 1 saturated heterocycles. The zero-order valence-corrected chi connectivity index (χ0v) is 17.9. The number of benzene rings is 1. The second kappa shape index (κ2) is 10.7. The van der Waals surface area contributed by atoms with Crippen LogP contribution in [0.5, 0.6) is 0 Å². The topological polar surface area (TPSA) is 61.7 Å². The van der Waals surface area contributed by atoms with E-state index in [0.29, 0.717) is 19.6 Å². The van der Waals surface area contributed by atoms with Gasteiger partial charge in [0.25, 0.3) is 0 Å². The average Bonchev–Trinajstić information content (AvgIpc) is 3.12. The quantitative estimate of drug-likeness (QED) is 0.659. The third kappa shape index (κ3) is 5.79. The van der Waals surface area contributed by atoms with Crippen LogP contribution in [0.2, 0.25) is 0 Å². The molecule has 7 nitrogen and oxygen atoms in total. The van der Waals surface area contributed by atoms with E-state index in [0.717, 1.165) is 43.9 Å². The smallest absolute Gasteiger partial charge is 0.246 e. The Bertz CT molecular complexity index is 857. The second-order valence-electron chi connectivity index (χ2n) is 7.41. The fraction of sp³-hybridized carbons (Fsp3) is 0.435. The van der Waals surface area contributed by atoms with E-state index in [2.05, 4.69) is 10.00 Å². The van der Waals surface area contributed by atoms with E-state index < -0.39 is 0 Å². The number of carbonyl (C=O) groups excluding carboxylic acids is 2. The van der Waals surface area contributed by atoms with Gasteiger partial charge in [-0.1, -0.05) is 18.2 Å². The predicted molar refractivity (Wildman–Crippen MR) is 118 cm³/mol. The third-order valence-electron chi connectivity index (χ3n) is 5.42. The Hall–Kier alpha value is -2.93. The Morgan fingerprint density at radius 3 is 2.57 bits per heavy atom. The minimum atomic E-state index is -0.000574. The van der Waals surface area contributed by atoms with Gasteiger partial charge in [-0.3, -0.25) is 14.5 Å². The molecule has 0 atom stereocenters. The van der Waals surface area contributed by atoms with E-state index in [1.165, 1.54) is 0 Å². The van der Waals surface area contributed by atoms with E-state index in [9.17, 15) is 9.59 Å². The number of carbonyl (C=O) groups is 2. The molecule has 0 radical (unpaired) electrons. The summed E-state index contributed by atoms with van der Waals surface area (Å²) >= 11 is 0. The summed E-state index contributed by atoms with van der Waals surface area (Å²) in [6, 6.07) is 9.87. The lowest BCUT2D eigenvalue weighted by molar-refractivity contribution is -0.132. The van der Waals surface area contributed by atoms with E-state index in [1.54, 1.807) is 23.0 Å². The Balaban J connectivity index is 1.52. The van der Waals surface area contributed by atoms with Crippen LogP contribution in [-0.2, 0) is 9.59 Å². The first kappa shape index (κ1) is 21.8. The number of nitrogens with zero attached hydrogens (tertiary/aromatic N) is 5. The van der Waals surface area contributed by atoms with Crippen LogP contribution in [0.1, 0.15) is 25.8 Å². The van der Waals surface area contributed by atoms with Gasteiger partial charge in [0, 0.05) is 57.1 Å². The van der Waals surface area contributed by atoms with Crippen LogP contribution in [0.15, 0.2) is 48.8 Å². The van der Waals surface area contributed by atoms with Crippen molar-refractivity contribution in [2.45, 2.75) is 20.3 Å². The van der Waals surface area contributed by atoms with Crippen molar-refractivity contribution < 1.29 is 9.59 Å². The van der Waals surface area contributed by atoms with Crippen LogP contribution >= 0.6 is 0 Å². The summed E-state index contributed by atoms with van der Waals surface area (Å²) in [5.41, 5.74) is 1.86. The number of amides is 2. The number of aromatic nitrogens is 2. The molecule has 0 bridgehead atoms. The zero-order valence-electron chi connectivity index (χ0n) is 17.9. The zero-order chi connectivity index (χ0) is 21.3.